The van der Waals surface area contributed by atoms with Crippen molar-refractivity contribution in [3.8, 4) is 11.4 Å². The maximum atomic E-state index is 13.0. The van der Waals surface area contributed by atoms with Crippen LogP contribution < -0.4 is 5.73 Å². The number of nitrogens with two attached hydrogens (primary N) is 1. The second kappa shape index (κ2) is 5.74. The van der Waals surface area contributed by atoms with Gasteiger partial charge in [-0.15, -0.1) is 0 Å². The molecule has 5 nitrogen and oxygen atoms in total. The van der Waals surface area contributed by atoms with Crippen molar-refractivity contribution in [1.29, 1.82) is 0 Å². The van der Waals surface area contributed by atoms with Crippen LogP contribution in [0.5, 0.6) is 0 Å². The smallest absolute Gasteiger partial charge is 0.391 e. The van der Waals surface area contributed by atoms with Crippen LogP contribution in [0, 0.1) is 0 Å². The maximum absolute atomic E-state index is 13.0. The highest BCUT2D eigenvalue weighted by Crippen LogP contribution is 2.37. The number of hydrogen-bond acceptors (Lipinski definition) is 5. The van der Waals surface area contributed by atoms with E-state index in [9.17, 15) is 18.3 Å². The van der Waals surface area contributed by atoms with E-state index in [1.54, 1.807) is 0 Å². The zero-order chi connectivity index (χ0) is 15.8. The molecule has 0 aliphatic rings. The Bertz CT molecular complexity index is 643. The Balaban J connectivity index is 2.48. The molecular weight excluding hydrogens is 355 g/mol. The van der Waals surface area contributed by atoms with Crippen molar-refractivity contribution in [3.63, 3.8) is 0 Å². The van der Waals surface area contributed by atoms with Gasteiger partial charge in [-0.25, -0.2) is 0 Å². The molecule has 0 radical (unpaired) electrons. The summed E-state index contributed by atoms with van der Waals surface area (Å²) in [6, 6.07) is 2.64. The molecule has 0 spiro atoms. The first-order chi connectivity index (χ1) is 9.70. The molecular formula is C12H11BrF3N3O2. The molecule has 0 amide bonds. The van der Waals surface area contributed by atoms with Gasteiger partial charge in [0.25, 0.3) is 0 Å². The first kappa shape index (κ1) is 15.9. The summed E-state index contributed by atoms with van der Waals surface area (Å²) in [5.41, 5.74) is 4.48. The van der Waals surface area contributed by atoms with E-state index in [1.807, 2.05) is 0 Å². The van der Waals surface area contributed by atoms with Crippen LogP contribution >= 0.6 is 15.9 Å². The van der Waals surface area contributed by atoms with Gasteiger partial charge >= 0.3 is 6.18 Å². The summed E-state index contributed by atoms with van der Waals surface area (Å²) in [4.78, 5) is 3.83. The van der Waals surface area contributed by atoms with Crippen LogP contribution in [0.25, 0.3) is 11.4 Å². The van der Waals surface area contributed by atoms with Crippen LogP contribution in [-0.2, 0) is 6.18 Å². The minimum Gasteiger partial charge on any atom is -0.391 e. The summed E-state index contributed by atoms with van der Waals surface area (Å²) < 4.78 is 44.2. The van der Waals surface area contributed by atoms with E-state index in [2.05, 4.69) is 26.1 Å². The number of benzene rings is 1. The molecule has 0 fully saturated rings. The lowest BCUT2D eigenvalue weighted by Gasteiger charge is -2.11. The predicted octanol–water partition coefficient (Wildman–Crippen LogP) is 2.90. The average molecular weight is 366 g/mol. The van der Waals surface area contributed by atoms with Crippen molar-refractivity contribution in [2.24, 2.45) is 5.73 Å². The number of hydrogen-bond donors (Lipinski definition) is 2. The molecule has 2 aromatic rings. The van der Waals surface area contributed by atoms with Gasteiger partial charge in [-0.3, -0.25) is 0 Å². The molecule has 1 heterocycles. The van der Waals surface area contributed by atoms with E-state index in [0.717, 1.165) is 6.07 Å². The number of aliphatic hydroxyl groups excluding tert-OH is 1. The largest absolute Gasteiger partial charge is 0.417 e. The fourth-order valence-corrected chi connectivity index (χ4v) is 1.99. The molecule has 3 N–H and O–H groups in total. The van der Waals surface area contributed by atoms with Crippen molar-refractivity contribution < 1.29 is 22.8 Å². The topological polar surface area (TPSA) is 85.2 Å². The van der Waals surface area contributed by atoms with Crippen molar-refractivity contribution in [2.75, 3.05) is 0 Å². The third-order valence-corrected chi connectivity index (χ3v) is 3.27. The summed E-state index contributed by atoms with van der Waals surface area (Å²) in [6.45, 7) is 1.41. The number of aromatic nitrogens is 2. The minimum absolute atomic E-state index is 0.129. The van der Waals surface area contributed by atoms with Crippen molar-refractivity contribution >= 4 is 15.9 Å². The summed E-state index contributed by atoms with van der Waals surface area (Å²) in [6.07, 6.45) is -5.53. The zero-order valence-corrected chi connectivity index (χ0v) is 12.3. The number of alkyl halides is 3. The van der Waals surface area contributed by atoms with Crippen LogP contribution in [0.3, 0.4) is 0 Å². The SMILES string of the molecule is CC(O)C(N)c1nc(-c2ccc(Br)cc2C(F)(F)F)no1. The van der Waals surface area contributed by atoms with E-state index in [4.69, 9.17) is 10.3 Å². The first-order valence-electron chi connectivity index (χ1n) is 5.84. The minimum atomic E-state index is -4.56. The molecule has 2 rings (SSSR count). The second-order valence-corrected chi connectivity index (χ2v) is 5.33. The molecule has 1 aromatic heterocycles. The van der Waals surface area contributed by atoms with Gasteiger partial charge in [0.2, 0.25) is 11.7 Å². The van der Waals surface area contributed by atoms with Gasteiger partial charge < -0.3 is 15.4 Å². The number of rotatable bonds is 3. The van der Waals surface area contributed by atoms with Crippen LogP contribution in [-0.4, -0.2) is 21.4 Å². The Morgan fingerprint density at radius 2 is 2.05 bits per heavy atom. The van der Waals surface area contributed by atoms with Gasteiger partial charge in [-0.2, -0.15) is 18.2 Å². The summed E-state index contributed by atoms with van der Waals surface area (Å²) in [5, 5.41) is 12.8. The lowest BCUT2D eigenvalue weighted by Crippen LogP contribution is -2.23. The summed E-state index contributed by atoms with van der Waals surface area (Å²) >= 11 is 2.99. The van der Waals surface area contributed by atoms with E-state index in [0.29, 0.717) is 0 Å². The van der Waals surface area contributed by atoms with Gasteiger partial charge in [-0.05, 0) is 25.1 Å². The Morgan fingerprint density at radius 1 is 1.38 bits per heavy atom. The molecule has 0 saturated carbocycles. The predicted molar refractivity (Wildman–Crippen MR) is 71.0 cm³/mol. The lowest BCUT2D eigenvalue weighted by molar-refractivity contribution is -0.137. The van der Waals surface area contributed by atoms with Crippen LogP contribution in [0.1, 0.15) is 24.4 Å². The van der Waals surface area contributed by atoms with E-state index < -0.39 is 23.9 Å². The van der Waals surface area contributed by atoms with Crippen molar-refractivity contribution in [3.05, 3.63) is 34.1 Å². The number of halogens is 4. The Morgan fingerprint density at radius 3 is 2.62 bits per heavy atom. The van der Waals surface area contributed by atoms with Gasteiger partial charge in [-0.1, -0.05) is 21.1 Å². The first-order valence-corrected chi connectivity index (χ1v) is 6.64. The van der Waals surface area contributed by atoms with Gasteiger partial charge in [0.05, 0.1) is 11.7 Å². The quantitative estimate of drug-likeness (QED) is 0.873. The fourth-order valence-electron chi connectivity index (χ4n) is 1.63. The highest BCUT2D eigenvalue weighted by molar-refractivity contribution is 9.10. The third kappa shape index (κ3) is 3.42. The fraction of sp³-hybridized carbons (Fsp3) is 0.333. The van der Waals surface area contributed by atoms with E-state index >= 15 is 0 Å². The van der Waals surface area contributed by atoms with E-state index in [1.165, 1.54) is 19.1 Å². The Labute approximate surface area is 126 Å². The Kier molecular flexibility index (Phi) is 4.35. The number of nitrogens with zero attached hydrogens (tertiary/aromatic N) is 2. The molecule has 0 aliphatic heterocycles. The molecule has 2 atom stereocenters. The molecule has 0 saturated heterocycles. The molecule has 1 aromatic carbocycles. The Hall–Kier alpha value is -1.45. The zero-order valence-electron chi connectivity index (χ0n) is 10.7. The highest BCUT2D eigenvalue weighted by atomic mass is 79.9. The molecule has 2 unspecified atom stereocenters. The van der Waals surface area contributed by atoms with Crippen LogP contribution in [0.2, 0.25) is 0 Å². The third-order valence-electron chi connectivity index (χ3n) is 2.77. The van der Waals surface area contributed by atoms with Crippen LogP contribution in [0.15, 0.2) is 27.2 Å². The highest BCUT2D eigenvalue weighted by Gasteiger charge is 2.35. The van der Waals surface area contributed by atoms with Crippen molar-refractivity contribution in [2.45, 2.75) is 25.2 Å². The van der Waals surface area contributed by atoms with Crippen LogP contribution in [0.4, 0.5) is 13.2 Å². The maximum Gasteiger partial charge on any atom is 0.417 e. The lowest BCUT2D eigenvalue weighted by atomic mass is 10.1. The average Bonchev–Trinajstić information content (AvgIpc) is 2.86. The summed E-state index contributed by atoms with van der Waals surface area (Å²) in [5.74, 6) is -0.364. The number of aliphatic hydroxyl groups is 1. The van der Waals surface area contributed by atoms with Gasteiger partial charge in [0, 0.05) is 10.0 Å². The molecule has 0 aliphatic carbocycles. The summed E-state index contributed by atoms with van der Waals surface area (Å²) in [7, 11) is 0. The van der Waals surface area contributed by atoms with Gasteiger partial charge in [0.15, 0.2) is 0 Å². The molecule has 9 heteroatoms. The second-order valence-electron chi connectivity index (χ2n) is 4.41. The van der Waals surface area contributed by atoms with Crippen molar-refractivity contribution in [1.82, 2.24) is 10.1 Å². The van der Waals surface area contributed by atoms with E-state index in [-0.39, 0.29) is 21.8 Å². The monoisotopic (exact) mass is 365 g/mol. The molecule has 21 heavy (non-hydrogen) atoms. The van der Waals surface area contributed by atoms with Gasteiger partial charge in [0.1, 0.15) is 6.04 Å². The normalized spacial score (nSPS) is 15.0. The molecule has 114 valence electrons. The molecule has 0 bridgehead atoms. The standard InChI is InChI=1S/C12H11BrF3N3O2/c1-5(20)9(17)11-18-10(19-21-11)7-3-2-6(13)4-8(7)12(14,15)16/h2-5,9,20H,17H2,1H3.